The van der Waals surface area contributed by atoms with E-state index in [9.17, 15) is 4.39 Å². The lowest BCUT2D eigenvalue weighted by Crippen LogP contribution is -2.28. The van der Waals surface area contributed by atoms with Gasteiger partial charge >= 0.3 is 0 Å². The van der Waals surface area contributed by atoms with Gasteiger partial charge in [-0.3, -0.25) is 0 Å². The Hall–Kier alpha value is -0.970. The molecule has 0 amide bonds. The highest BCUT2D eigenvalue weighted by atomic mass is 19.1. The maximum absolute atomic E-state index is 13.4. The number of hydrogen-bond acceptors (Lipinski definition) is 3. The molecule has 21 heavy (non-hydrogen) atoms. The van der Waals surface area contributed by atoms with Crippen LogP contribution in [0.5, 0.6) is 0 Å². The van der Waals surface area contributed by atoms with Crippen molar-refractivity contribution >= 4 is 0 Å². The van der Waals surface area contributed by atoms with Crippen LogP contribution in [0.4, 0.5) is 4.39 Å². The van der Waals surface area contributed by atoms with Gasteiger partial charge in [-0.1, -0.05) is 19.1 Å². The van der Waals surface area contributed by atoms with E-state index in [1.165, 1.54) is 6.07 Å². The molecule has 0 saturated heterocycles. The summed E-state index contributed by atoms with van der Waals surface area (Å²) in [6, 6.07) is 6.62. The first kappa shape index (κ1) is 18.1. The number of rotatable bonds is 10. The molecule has 0 radical (unpaired) electrons. The minimum Gasteiger partial charge on any atom is -0.379 e. The van der Waals surface area contributed by atoms with Gasteiger partial charge in [0.05, 0.1) is 18.3 Å². The normalized spacial score (nSPS) is 13.4. The van der Waals surface area contributed by atoms with Gasteiger partial charge in [0.1, 0.15) is 5.82 Å². The van der Waals surface area contributed by atoms with Crippen LogP contribution in [0.15, 0.2) is 24.3 Å². The van der Waals surface area contributed by atoms with Crippen LogP contribution in [-0.2, 0) is 9.47 Å². The van der Waals surface area contributed by atoms with Crippen LogP contribution in [-0.4, -0.2) is 32.4 Å². The summed E-state index contributed by atoms with van der Waals surface area (Å²) in [5, 5.41) is 3.34. The molecule has 0 aliphatic heterocycles. The third kappa shape index (κ3) is 7.02. The molecule has 120 valence electrons. The monoisotopic (exact) mass is 297 g/mol. The van der Waals surface area contributed by atoms with Crippen molar-refractivity contribution in [3.63, 3.8) is 0 Å². The smallest absolute Gasteiger partial charge is 0.123 e. The van der Waals surface area contributed by atoms with Crippen LogP contribution in [0, 0.1) is 5.82 Å². The molecule has 4 heteroatoms. The van der Waals surface area contributed by atoms with Gasteiger partial charge in [0.2, 0.25) is 0 Å². The zero-order valence-electron chi connectivity index (χ0n) is 13.6. The fourth-order valence-electron chi connectivity index (χ4n) is 1.94. The summed E-state index contributed by atoms with van der Waals surface area (Å²) in [6.45, 7) is 8.37. The van der Waals surface area contributed by atoms with Crippen molar-refractivity contribution in [1.29, 1.82) is 0 Å². The molecule has 0 aromatic heterocycles. The zero-order chi connectivity index (χ0) is 15.7. The Bertz CT molecular complexity index is 410. The summed E-state index contributed by atoms with van der Waals surface area (Å²) in [5.74, 6) is -0.228. The summed E-state index contributed by atoms with van der Waals surface area (Å²) in [7, 11) is 1.70. The topological polar surface area (TPSA) is 30.5 Å². The Kier molecular flexibility index (Phi) is 7.86. The summed E-state index contributed by atoms with van der Waals surface area (Å²) in [4.78, 5) is 0. The van der Waals surface area contributed by atoms with Gasteiger partial charge in [-0.05, 0) is 50.9 Å². The van der Waals surface area contributed by atoms with Crippen LogP contribution in [0.25, 0.3) is 0 Å². The van der Waals surface area contributed by atoms with E-state index >= 15 is 0 Å². The molecule has 0 spiro atoms. The molecule has 0 heterocycles. The molecule has 0 aliphatic rings. The molecule has 1 aromatic carbocycles. The summed E-state index contributed by atoms with van der Waals surface area (Å²) >= 11 is 0. The minimum absolute atomic E-state index is 0.139. The van der Waals surface area contributed by atoms with Crippen molar-refractivity contribution in [2.45, 2.75) is 45.3 Å². The number of ether oxygens (including phenoxy) is 2. The Labute approximate surface area is 127 Å². The summed E-state index contributed by atoms with van der Waals surface area (Å²) < 4.78 is 24.7. The van der Waals surface area contributed by atoms with Crippen molar-refractivity contribution in [1.82, 2.24) is 5.32 Å². The first-order valence-corrected chi connectivity index (χ1v) is 7.61. The first-order chi connectivity index (χ1) is 9.98. The van der Waals surface area contributed by atoms with E-state index in [-0.39, 0.29) is 17.5 Å². The third-order valence-corrected chi connectivity index (χ3v) is 3.55. The number of benzene rings is 1. The molecule has 1 unspecified atom stereocenters. The van der Waals surface area contributed by atoms with Crippen molar-refractivity contribution in [2.24, 2.45) is 0 Å². The lowest BCUT2D eigenvalue weighted by molar-refractivity contribution is -0.0272. The molecule has 0 aliphatic carbocycles. The number of nitrogens with one attached hydrogen (secondary N) is 1. The first-order valence-electron chi connectivity index (χ1n) is 7.61. The molecule has 1 N–H and O–H groups in total. The number of halogens is 1. The molecular formula is C17H28FNO2. The third-order valence-electron chi connectivity index (χ3n) is 3.55. The van der Waals surface area contributed by atoms with Crippen molar-refractivity contribution in [2.75, 3.05) is 26.8 Å². The second-order valence-electron chi connectivity index (χ2n) is 5.83. The molecule has 3 nitrogen and oxygen atoms in total. The Morgan fingerprint density at radius 1 is 1.33 bits per heavy atom. The van der Waals surface area contributed by atoms with Crippen LogP contribution in [0.2, 0.25) is 0 Å². The molecule has 0 bridgehead atoms. The fourth-order valence-corrected chi connectivity index (χ4v) is 1.94. The van der Waals surface area contributed by atoms with Crippen LogP contribution in [0.1, 0.15) is 45.3 Å². The van der Waals surface area contributed by atoms with Crippen LogP contribution < -0.4 is 5.32 Å². The van der Waals surface area contributed by atoms with Crippen molar-refractivity contribution < 1.29 is 13.9 Å². The standard InChI is InChI=1S/C17H28FNO2/c1-5-10-19-13-16(14-7-6-8-15(18)12-14)21-11-9-17(2,3)20-4/h6-8,12,16,19H,5,9-11,13H2,1-4H3. The lowest BCUT2D eigenvalue weighted by Gasteiger charge is -2.25. The highest BCUT2D eigenvalue weighted by Crippen LogP contribution is 2.20. The van der Waals surface area contributed by atoms with Gasteiger partial charge in [-0.2, -0.15) is 0 Å². The van der Waals surface area contributed by atoms with Crippen molar-refractivity contribution in [3.05, 3.63) is 35.6 Å². The Morgan fingerprint density at radius 3 is 2.71 bits per heavy atom. The molecule has 1 aromatic rings. The number of hydrogen-bond donors (Lipinski definition) is 1. The average molecular weight is 297 g/mol. The molecule has 1 atom stereocenters. The van der Waals surface area contributed by atoms with E-state index in [1.54, 1.807) is 19.2 Å². The second kappa shape index (κ2) is 9.13. The highest BCUT2D eigenvalue weighted by Gasteiger charge is 2.18. The van der Waals surface area contributed by atoms with E-state index in [2.05, 4.69) is 12.2 Å². The van der Waals surface area contributed by atoms with E-state index in [0.29, 0.717) is 13.2 Å². The van der Waals surface area contributed by atoms with E-state index < -0.39 is 0 Å². The van der Waals surface area contributed by atoms with Gasteiger partial charge in [0.15, 0.2) is 0 Å². The van der Waals surface area contributed by atoms with E-state index in [0.717, 1.165) is 24.9 Å². The van der Waals surface area contributed by atoms with E-state index in [4.69, 9.17) is 9.47 Å². The largest absolute Gasteiger partial charge is 0.379 e. The maximum Gasteiger partial charge on any atom is 0.123 e. The van der Waals surface area contributed by atoms with Crippen molar-refractivity contribution in [3.8, 4) is 0 Å². The van der Waals surface area contributed by atoms with Gasteiger partial charge in [0.25, 0.3) is 0 Å². The van der Waals surface area contributed by atoms with Crippen LogP contribution in [0.3, 0.4) is 0 Å². The fraction of sp³-hybridized carbons (Fsp3) is 0.647. The minimum atomic E-state index is -0.228. The maximum atomic E-state index is 13.4. The van der Waals surface area contributed by atoms with Gasteiger partial charge in [-0.15, -0.1) is 0 Å². The molecule has 0 fully saturated rings. The Balaban J connectivity index is 2.60. The molecular weight excluding hydrogens is 269 g/mol. The lowest BCUT2D eigenvalue weighted by atomic mass is 10.1. The SMILES string of the molecule is CCCNCC(OCCC(C)(C)OC)c1cccc(F)c1. The predicted octanol–water partition coefficient (Wildman–Crippen LogP) is 3.70. The van der Waals surface area contributed by atoms with E-state index in [1.807, 2.05) is 19.9 Å². The summed E-state index contributed by atoms with van der Waals surface area (Å²) in [5.41, 5.74) is 0.664. The number of methoxy groups -OCH3 is 1. The highest BCUT2D eigenvalue weighted by molar-refractivity contribution is 5.19. The van der Waals surface area contributed by atoms with Gasteiger partial charge < -0.3 is 14.8 Å². The molecule has 0 saturated carbocycles. The van der Waals surface area contributed by atoms with Gasteiger partial charge in [-0.25, -0.2) is 4.39 Å². The Morgan fingerprint density at radius 2 is 2.10 bits per heavy atom. The zero-order valence-corrected chi connectivity index (χ0v) is 13.6. The summed E-state index contributed by atoms with van der Waals surface area (Å²) in [6.07, 6.45) is 1.72. The quantitative estimate of drug-likeness (QED) is 0.668. The van der Waals surface area contributed by atoms with Gasteiger partial charge in [0, 0.05) is 13.7 Å². The second-order valence-corrected chi connectivity index (χ2v) is 5.83. The predicted molar refractivity (Wildman–Crippen MR) is 84.0 cm³/mol. The van der Waals surface area contributed by atoms with Crippen LogP contribution >= 0.6 is 0 Å². The average Bonchev–Trinajstić information content (AvgIpc) is 2.46. The molecule has 1 rings (SSSR count).